The SMILES string of the molecule is C\C=C/N=C(C)/C(=C/CC)Oc1ccc(C(F)(F)F)nc1. The lowest BCUT2D eigenvalue weighted by molar-refractivity contribution is -0.141. The van der Waals surface area contributed by atoms with E-state index in [1.807, 2.05) is 13.8 Å². The number of rotatable bonds is 5. The molecule has 114 valence electrons. The molecule has 0 N–H and O–H groups in total. The maximum Gasteiger partial charge on any atom is 0.433 e. The van der Waals surface area contributed by atoms with E-state index < -0.39 is 11.9 Å². The number of aliphatic imine (C=N–C) groups is 1. The first-order valence-corrected chi connectivity index (χ1v) is 6.45. The van der Waals surface area contributed by atoms with Crippen molar-refractivity contribution in [2.75, 3.05) is 0 Å². The van der Waals surface area contributed by atoms with Gasteiger partial charge in [-0.05, 0) is 38.5 Å². The molecule has 0 saturated carbocycles. The van der Waals surface area contributed by atoms with E-state index in [-0.39, 0.29) is 5.75 Å². The monoisotopic (exact) mass is 298 g/mol. The molecular weight excluding hydrogens is 281 g/mol. The number of allylic oxidation sites excluding steroid dienone is 3. The van der Waals surface area contributed by atoms with Crippen LogP contribution in [0, 0.1) is 0 Å². The standard InChI is InChI=1S/C15H17F3N2O/c1-4-6-13(11(3)19-9-5-2)21-12-7-8-14(20-10-12)15(16,17)18/h5-10H,4H2,1-3H3/b9-5-,13-6-,19-11+. The van der Waals surface area contributed by atoms with Crippen LogP contribution < -0.4 is 4.74 Å². The van der Waals surface area contributed by atoms with Gasteiger partial charge in [0.15, 0.2) is 0 Å². The van der Waals surface area contributed by atoms with E-state index in [1.165, 1.54) is 6.07 Å². The Morgan fingerprint density at radius 2 is 2.10 bits per heavy atom. The minimum atomic E-state index is -4.45. The average molecular weight is 298 g/mol. The largest absolute Gasteiger partial charge is 0.454 e. The van der Waals surface area contributed by atoms with Gasteiger partial charge in [-0.15, -0.1) is 0 Å². The highest BCUT2D eigenvalue weighted by Crippen LogP contribution is 2.28. The zero-order valence-corrected chi connectivity index (χ0v) is 12.1. The number of ether oxygens (including phenoxy) is 1. The van der Waals surface area contributed by atoms with Gasteiger partial charge < -0.3 is 4.74 Å². The predicted octanol–water partition coefficient (Wildman–Crippen LogP) is 4.77. The smallest absolute Gasteiger partial charge is 0.433 e. The van der Waals surface area contributed by atoms with Gasteiger partial charge in [-0.1, -0.05) is 13.0 Å². The van der Waals surface area contributed by atoms with E-state index in [4.69, 9.17) is 4.74 Å². The quantitative estimate of drug-likeness (QED) is 0.580. The summed E-state index contributed by atoms with van der Waals surface area (Å²) in [6.07, 6.45) is 2.51. The Labute approximate surface area is 121 Å². The molecule has 0 amide bonds. The molecule has 1 aromatic heterocycles. The molecule has 21 heavy (non-hydrogen) atoms. The normalized spacial score (nSPS) is 13.8. The van der Waals surface area contributed by atoms with Crippen molar-refractivity contribution in [2.24, 2.45) is 4.99 Å². The maximum atomic E-state index is 12.4. The van der Waals surface area contributed by atoms with E-state index in [9.17, 15) is 13.2 Å². The van der Waals surface area contributed by atoms with Gasteiger partial charge in [0.05, 0.1) is 11.9 Å². The summed E-state index contributed by atoms with van der Waals surface area (Å²) >= 11 is 0. The molecule has 0 aliphatic rings. The molecule has 1 aromatic rings. The van der Waals surface area contributed by atoms with Crippen LogP contribution in [0.1, 0.15) is 32.9 Å². The average Bonchev–Trinajstić information content (AvgIpc) is 2.44. The summed E-state index contributed by atoms with van der Waals surface area (Å²) in [6, 6.07) is 2.12. The second-order valence-corrected chi connectivity index (χ2v) is 4.15. The predicted molar refractivity (Wildman–Crippen MR) is 76.2 cm³/mol. The van der Waals surface area contributed by atoms with E-state index in [0.29, 0.717) is 17.9 Å². The Bertz CT molecular complexity index is 543. The molecule has 0 fully saturated rings. The van der Waals surface area contributed by atoms with Crippen LogP contribution in [-0.4, -0.2) is 10.7 Å². The van der Waals surface area contributed by atoms with Crippen molar-refractivity contribution in [3.8, 4) is 5.75 Å². The first-order chi connectivity index (χ1) is 9.88. The first-order valence-electron chi connectivity index (χ1n) is 6.45. The summed E-state index contributed by atoms with van der Waals surface area (Å²) in [5, 5.41) is 0. The molecule has 0 aromatic carbocycles. The third-order valence-electron chi connectivity index (χ3n) is 2.42. The Balaban J connectivity index is 2.93. The Kier molecular flexibility index (Phi) is 6.14. The van der Waals surface area contributed by atoms with Crippen LogP contribution in [0.25, 0.3) is 0 Å². The van der Waals surface area contributed by atoms with Crippen molar-refractivity contribution < 1.29 is 17.9 Å². The molecule has 1 rings (SSSR count). The summed E-state index contributed by atoms with van der Waals surface area (Å²) in [6.45, 7) is 5.52. The van der Waals surface area contributed by atoms with Crippen LogP contribution in [0.4, 0.5) is 13.2 Å². The summed E-state index contributed by atoms with van der Waals surface area (Å²) < 4.78 is 42.8. The van der Waals surface area contributed by atoms with Crippen LogP contribution in [0.15, 0.2) is 47.4 Å². The fourth-order valence-electron chi connectivity index (χ4n) is 1.43. The third-order valence-corrected chi connectivity index (χ3v) is 2.42. The lowest BCUT2D eigenvalue weighted by atomic mass is 10.3. The highest BCUT2D eigenvalue weighted by atomic mass is 19.4. The van der Waals surface area contributed by atoms with Crippen molar-refractivity contribution in [1.82, 2.24) is 4.98 Å². The van der Waals surface area contributed by atoms with Gasteiger partial charge in [0.25, 0.3) is 0 Å². The summed E-state index contributed by atoms with van der Waals surface area (Å²) in [5.41, 5.74) is -0.315. The molecule has 0 atom stereocenters. The summed E-state index contributed by atoms with van der Waals surface area (Å²) in [4.78, 5) is 7.51. The van der Waals surface area contributed by atoms with Crippen LogP contribution in [0.3, 0.4) is 0 Å². The number of hydrogen-bond acceptors (Lipinski definition) is 3. The van der Waals surface area contributed by atoms with Crippen LogP contribution in [-0.2, 0) is 6.18 Å². The molecule has 0 aliphatic carbocycles. The highest BCUT2D eigenvalue weighted by Gasteiger charge is 2.32. The molecule has 6 heteroatoms. The number of alkyl halides is 3. The van der Waals surface area contributed by atoms with Crippen molar-refractivity contribution in [3.63, 3.8) is 0 Å². The molecule has 0 saturated heterocycles. The molecule has 0 spiro atoms. The Morgan fingerprint density at radius 1 is 1.38 bits per heavy atom. The third kappa shape index (κ3) is 5.41. The van der Waals surface area contributed by atoms with E-state index >= 15 is 0 Å². The highest BCUT2D eigenvalue weighted by molar-refractivity contribution is 5.97. The van der Waals surface area contributed by atoms with Crippen molar-refractivity contribution in [3.05, 3.63) is 48.1 Å². The zero-order valence-electron chi connectivity index (χ0n) is 12.1. The lowest BCUT2D eigenvalue weighted by Crippen LogP contribution is -2.09. The number of aromatic nitrogens is 1. The van der Waals surface area contributed by atoms with Crippen LogP contribution in [0.2, 0.25) is 0 Å². The minimum Gasteiger partial charge on any atom is -0.454 e. The van der Waals surface area contributed by atoms with Gasteiger partial charge >= 0.3 is 6.18 Å². The topological polar surface area (TPSA) is 34.5 Å². The van der Waals surface area contributed by atoms with Crippen molar-refractivity contribution >= 4 is 5.71 Å². The molecule has 0 unspecified atom stereocenters. The van der Waals surface area contributed by atoms with E-state index in [1.54, 1.807) is 25.3 Å². The molecule has 1 heterocycles. The molecule has 0 aliphatic heterocycles. The Morgan fingerprint density at radius 3 is 2.57 bits per heavy atom. The van der Waals surface area contributed by atoms with Gasteiger partial charge in [-0.2, -0.15) is 13.2 Å². The summed E-state index contributed by atoms with van der Waals surface area (Å²) in [7, 11) is 0. The first kappa shape index (κ1) is 16.9. The molecule has 0 bridgehead atoms. The number of hydrogen-bond donors (Lipinski definition) is 0. The maximum absolute atomic E-state index is 12.4. The lowest BCUT2D eigenvalue weighted by Gasteiger charge is -2.10. The molecule has 0 radical (unpaired) electrons. The summed E-state index contributed by atoms with van der Waals surface area (Å²) in [5.74, 6) is 0.731. The fourth-order valence-corrected chi connectivity index (χ4v) is 1.43. The van der Waals surface area contributed by atoms with Crippen molar-refractivity contribution in [2.45, 2.75) is 33.4 Å². The minimum absolute atomic E-state index is 0.234. The number of nitrogens with zero attached hydrogens (tertiary/aromatic N) is 2. The van der Waals surface area contributed by atoms with Gasteiger partial charge in [-0.25, -0.2) is 4.98 Å². The van der Waals surface area contributed by atoms with Gasteiger partial charge in [0.1, 0.15) is 17.2 Å². The van der Waals surface area contributed by atoms with Crippen LogP contribution >= 0.6 is 0 Å². The van der Waals surface area contributed by atoms with E-state index in [2.05, 4.69) is 9.98 Å². The second kappa shape index (κ2) is 7.61. The van der Waals surface area contributed by atoms with E-state index in [0.717, 1.165) is 12.3 Å². The fraction of sp³-hybridized carbons (Fsp3) is 0.333. The van der Waals surface area contributed by atoms with Crippen molar-refractivity contribution in [1.29, 1.82) is 0 Å². The molecular formula is C15H17F3N2O. The zero-order chi connectivity index (χ0) is 15.9. The number of halogens is 3. The van der Waals surface area contributed by atoms with Gasteiger partial charge in [-0.3, -0.25) is 4.99 Å². The van der Waals surface area contributed by atoms with Crippen LogP contribution in [0.5, 0.6) is 5.75 Å². The second-order valence-electron chi connectivity index (χ2n) is 4.15. The Hall–Kier alpha value is -2.11. The number of pyridine rings is 1. The molecule has 3 nitrogen and oxygen atoms in total. The van der Waals surface area contributed by atoms with Gasteiger partial charge in [0, 0.05) is 6.20 Å². The van der Waals surface area contributed by atoms with Gasteiger partial charge in [0.2, 0.25) is 0 Å².